The Morgan fingerprint density at radius 2 is 1.62 bits per heavy atom. The van der Waals surface area contributed by atoms with Crippen LogP contribution in [0.4, 0.5) is 5.69 Å². The number of rotatable bonds is 4. The largest absolute Gasteiger partial charge is 0.368 e. The van der Waals surface area contributed by atoms with E-state index in [2.05, 4.69) is 35.1 Å². The second kappa shape index (κ2) is 8.47. The first-order valence-electron chi connectivity index (χ1n) is 10.1. The average molecular weight is 390 g/mol. The number of aryl methyl sites for hydroxylation is 1. The van der Waals surface area contributed by atoms with E-state index < -0.39 is 0 Å². The van der Waals surface area contributed by atoms with Gasteiger partial charge in [0.25, 0.3) is 5.91 Å². The summed E-state index contributed by atoms with van der Waals surface area (Å²) in [4.78, 5) is 29.5. The molecule has 0 aromatic heterocycles. The van der Waals surface area contributed by atoms with Crippen LogP contribution in [-0.4, -0.2) is 53.6 Å². The Morgan fingerprint density at radius 3 is 2.34 bits per heavy atom. The van der Waals surface area contributed by atoms with Crippen LogP contribution in [0.5, 0.6) is 0 Å². The lowest BCUT2D eigenvalue weighted by atomic mass is 10.1. The topological polar surface area (TPSA) is 56.2 Å². The van der Waals surface area contributed by atoms with Crippen LogP contribution in [0.3, 0.4) is 0 Å². The quantitative estimate of drug-likeness (QED) is 0.807. The summed E-state index contributed by atoms with van der Waals surface area (Å²) >= 11 is 0. The van der Waals surface area contributed by atoms with Gasteiger partial charge in [0.2, 0.25) is 5.91 Å². The number of benzene rings is 2. The van der Waals surface area contributed by atoms with Gasteiger partial charge in [-0.25, -0.2) is 5.01 Å². The van der Waals surface area contributed by atoms with Gasteiger partial charge in [-0.3, -0.25) is 9.59 Å². The van der Waals surface area contributed by atoms with E-state index in [9.17, 15) is 9.59 Å². The molecular weight excluding hydrogens is 364 g/mol. The van der Waals surface area contributed by atoms with Crippen LogP contribution in [0.25, 0.3) is 0 Å². The fourth-order valence-corrected chi connectivity index (χ4v) is 3.89. The maximum Gasteiger partial charge on any atom is 0.270 e. The van der Waals surface area contributed by atoms with Crippen molar-refractivity contribution in [3.63, 3.8) is 0 Å². The standard InChI is InChI=1S/C23H26N4O2/c1-18-7-5-6-10-21(18)25-13-15-26(16-14-25)23(29)20-11-12-22(28)27(24-20)17-19-8-3-2-4-9-19/h2-10H,11-17H2,1H3. The van der Waals surface area contributed by atoms with Gasteiger partial charge in [0.15, 0.2) is 0 Å². The van der Waals surface area contributed by atoms with Crippen LogP contribution in [0.1, 0.15) is 24.0 Å². The Morgan fingerprint density at radius 1 is 0.931 bits per heavy atom. The molecule has 0 radical (unpaired) electrons. The summed E-state index contributed by atoms with van der Waals surface area (Å²) in [7, 11) is 0. The van der Waals surface area contributed by atoms with Crippen molar-refractivity contribution < 1.29 is 9.59 Å². The Hall–Kier alpha value is -3.15. The molecule has 0 atom stereocenters. The van der Waals surface area contributed by atoms with Crippen molar-refractivity contribution in [2.24, 2.45) is 5.10 Å². The lowest BCUT2D eigenvalue weighted by Gasteiger charge is -2.37. The number of piperazine rings is 1. The molecule has 2 aromatic carbocycles. The van der Waals surface area contributed by atoms with Crippen molar-refractivity contribution >= 4 is 23.2 Å². The van der Waals surface area contributed by atoms with Gasteiger partial charge in [0, 0.05) is 44.7 Å². The van der Waals surface area contributed by atoms with E-state index in [0.29, 0.717) is 38.2 Å². The normalized spacial score (nSPS) is 17.3. The minimum Gasteiger partial charge on any atom is -0.368 e. The van der Waals surface area contributed by atoms with Gasteiger partial charge in [-0.05, 0) is 24.1 Å². The lowest BCUT2D eigenvalue weighted by Crippen LogP contribution is -2.51. The fraction of sp³-hybridized carbons (Fsp3) is 0.348. The smallest absolute Gasteiger partial charge is 0.270 e. The maximum absolute atomic E-state index is 13.0. The van der Waals surface area contributed by atoms with Crippen molar-refractivity contribution in [1.82, 2.24) is 9.91 Å². The molecule has 0 unspecified atom stereocenters. The third-order valence-electron chi connectivity index (χ3n) is 5.55. The first-order valence-corrected chi connectivity index (χ1v) is 10.1. The third kappa shape index (κ3) is 4.31. The van der Waals surface area contributed by atoms with E-state index in [1.807, 2.05) is 41.3 Å². The number of hydrogen-bond acceptors (Lipinski definition) is 4. The molecule has 150 valence electrons. The highest BCUT2D eigenvalue weighted by atomic mass is 16.2. The highest BCUT2D eigenvalue weighted by molar-refractivity contribution is 6.39. The number of para-hydroxylation sites is 1. The molecule has 6 heteroatoms. The molecule has 2 aliphatic heterocycles. The molecule has 29 heavy (non-hydrogen) atoms. The van der Waals surface area contributed by atoms with Gasteiger partial charge < -0.3 is 9.80 Å². The van der Waals surface area contributed by atoms with Crippen molar-refractivity contribution in [1.29, 1.82) is 0 Å². The number of carbonyl (C=O) groups excluding carboxylic acids is 2. The summed E-state index contributed by atoms with van der Waals surface area (Å²) in [6.07, 6.45) is 0.752. The van der Waals surface area contributed by atoms with Crippen LogP contribution >= 0.6 is 0 Å². The molecule has 2 amide bonds. The molecule has 4 rings (SSSR count). The molecule has 0 spiro atoms. The number of amides is 2. The van der Waals surface area contributed by atoms with Gasteiger partial charge in [0.05, 0.1) is 6.54 Å². The average Bonchev–Trinajstić information content (AvgIpc) is 2.76. The summed E-state index contributed by atoms with van der Waals surface area (Å²) in [6, 6.07) is 18.1. The number of carbonyl (C=O) groups is 2. The number of hydrogen-bond donors (Lipinski definition) is 0. The first kappa shape index (κ1) is 19.2. The molecule has 1 fully saturated rings. The van der Waals surface area contributed by atoms with E-state index in [-0.39, 0.29) is 11.8 Å². The molecule has 0 bridgehead atoms. The zero-order valence-corrected chi connectivity index (χ0v) is 16.8. The molecule has 0 aliphatic carbocycles. The summed E-state index contributed by atoms with van der Waals surface area (Å²) in [6.45, 7) is 5.45. The van der Waals surface area contributed by atoms with Crippen molar-refractivity contribution in [2.75, 3.05) is 31.1 Å². The predicted octanol–water partition coefficient (Wildman–Crippen LogP) is 2.82. The van der Waals surface area contributed by atoms with Crippen molar-refractivity contribution in [2.45, 2.75) is 26.3 Å². The summed E-state index contributed by atoms with van der Waals surface area (Å²) < 4.78 is 0. The predicted molar refractivity (Wildman–Crippen MR) is 114 cm³/mol. The SMILES string of the molecule is Cc1ccccc1N1CCN(C(=O)C2=NN(Cc3ccccc3)C(=O)CC2)CC1. The molecule has 6 nitrogen and oxygen atoms in total. The van der Waals surface area contributed by atoms with Crippen LogP contribution in [-0.2, 0) is 16.1 Å². The van der Waals surface area contributed by atoms with Gasteiger partial charge in [-0.2, -0.15) is 5.10 Å². The molecule has 1 saturated heterocycles. The lowest BCUT2D eigenvalue weighted by molar-refractivity contribution is -0.132. The van der Waals surface area contributed by atoms with E-state index >= 15 is 0 Å². The Labute approximate surface area is 171 Å². The minimum atomic E-state index is -0.0417. The van der Waals surface area contributed by atoms with Crippen LogP contribution in [0.15, 0.2) is 59.7 Å². The van der Waals surface area contributed by atoms with Gasteiger partial charge >= 0.3 is 0 Å². The molecular formula is C23H26N4O2. The van der Waals surface area contributed by atoms with E-state index in [1.165, 1.54) is 16.3 Å². The zero-order chi connectivity index (χ0) is 20.2. The van der Waals surface area contributed by atoms with E-state index in [1.54, 1.807) is 0 Å². The highest BCUT2D eigenvalue weighted by Crippen LogP contribution is 2.21. The second-order valence-corrected chi connectivity index (χ2v) is 7.55. The molecule has 2 aromatic rings. The maximum atomic E-state index is 13.0. The van der Waals surface area contributed by atoms with Crippen LogP contribution in [0.2, 0.25) is 0 Å². The second-order valence-electron chi connectivity index (χ2n) is 7.55. The highest BCUT2D eigenvalue weighted by Gasteiger charge is 2.29. The van der Waals surface area contributed by atoms with Gasteiger partial charge in [0.1, 0.15) is 5.71 Å². The molecule has 2 heterocycles. The monoisotopic (exact) mass is 390 g/mol. The fourth-order valence-electron chi connectivity index (χ4n) is 3.89. The first-order chi connectivity index (χ1) is 14.1. The van der Waals surface area contributed by atoms with Crippen molar-refractivity contribution in [3.05, 3.63) is 65.7 Å². The Bertz CT molecular complexity index is 917. The Kier molecular flexibility index (Phi) is 5.60. The third-order valence-corrected chi connectivity index (χ3v) is 5.55. The van der Waals surface area contributed by atoms with Gasteiger partial charge in [-0.1, -0.05) is 48.5 Å². The summed E-state index contributed by atoms with van der Waals surface area (Å²) in [5.74, 6) is -0.0743. The minimum absolute atomic E-state index is 0.0326. The number of nitrogens with zero attached hydrogens (tertiary/aromatic N) is 4. The zero-order valence-electron chi connectivity index (χ0n) is 16.8. The number of anilines is 1. The summed E-state index contributed by atoms with van der Waals surface area (Å²) in [5, 5.41) is 5.86. The molecule has 0 N–H and O–H groups in total. The summed E-state index contributed by atoms with van der Waals surface area (Å²) in [5.41, 5.74) is 3.98. The van der Waals surface area contributed by atoms with Crippen LogP contribution < -0.4 is 4.90 Å². The van der Waals surface area contributed by atoms with Gasteiger partial charge in [-0.15, -0.1) is 0 Å². The van der Waals surface area contributed by atoms with Crippen LogP contribution in [0, 0.1) is 6.92 Å². The number of hydrazone groups is 1. The molecule has 2 aliphatic rings. The Balaban J connectivity index is 1.41. The van der Waals surface area contributed by atoms with E-state index in [0.717, 1.165) is 18.7 Å². The van der Waals surface area contributed by atoms with Crippen molar-refractivity contribution in [3.8, 4) is 0 Å². The molecule has 0 saturated carbocycles. The van der Waals surface area contributed by atoms with E-state index in [4.69, 9.17) is 0 Å².